The highest BCUT2D eigenvalue weighted by Crippen LogP contribution is 2.47. The third-order valence-corrected chi connectivity index (χ3v) is 12.1. The van der Waals surface area contributed by atoms with Crippen LogP contribution in [0.3, 0.4) is 0 Å². The van der Waals surface area contributed by atoms with Crippen molar-refractivity contribution in [3.05, 3.63) is 243 Å². The number of hydrogen-bond donors (Lipinski definition) is 0. The fourth-order valence-corrected chi connectivity index (χ4v) is 9.30. The zero-order chi connectivity index (χ0) is 39.8. The fourth-order valence-electron chi connectivity index (χ4n) is 9.30. The van der Waals surface area contributed by atoms with Crippen molar-refractivity contribution in [2.24, 2.45) is 0 Å². The van der Waals surface area contributed by atoms with Crippen molar-refractivity contribution < 1.29 is 0 Å². The van der Waals surface area contributed by atoms with Gasteiger partial charge in [-0.2, -0.15) is 0 Å². The van der Waals surface area contributed by atoms with Crippen LogP contribution < -0.4 is 0 Å². The predicted octanol–water partition coefficient (Wildman–Crippen LogP) is 16.8. The van der Waals surface area contributed by atoms with E-state index in [1.54, 1.807) is 0 Å². The fraction of sp³-hybridized carbons (Fsp3) is 0. The molecule has 0 spiro atoms. The van der Waals surface area contributed by atoms with E-state index >= 15 is 0 Å². The van der Waals surface area contributed by atoms with Gasteiger partial charge in [-0.3, -0.25) is 0 Å². The molecule has 11 aromatic carbocycles. The average Bonchev–Trinajstić information content (AvgIpc) is 3.33. The Kier molecular flexibility index (Phi) is 8.95. The first-order valence-corrected chi connectivity index (χ1v) is 20.8. The molecule has 60 heavy (non-hydrogen) atoms. The third-order valence-electron chi connectivity index (χ3n) is 12.1. The molecule has 0 aliphatic carbocycles. The Balaban J connectivity index is 1.13. The summed E-state index contributed by atoms with van der Waals surface area (Å²) >= 11 is 0. The molecule has 11 aromatic rings. The summed E-state index contributed by atoms with van der Waals surface area (Å²) in [6, 6.07) is 88.8. The minimum atomic E-state index is 1.19. The van der Waals surface area contributed by atoms with Gasteiger partial charge in [0.05, 0.1) is 0 Å². The average molecular weight is 761 g/mol. The number of rotatable bonds is 7. The first-order valence-electron chi connectivity index (χ1n) is 20.8. The maximum absolute atomic E-state index is 2.45. The summed E-state index contributed by atoms with van der Waals surface area (Å²) in [4.78, 5) is 0. The zero-order valence-electron chi connectivity index (χ0n) is 33.1. The number of hydrogen-bond acceptors (Lipinski definition) is 0. The highest BCUT2D eigenvalue weighted by molar-refractivity contribution is 6.21. The predicted molar refractivity (Wildman–Crippen MR) is 257 cm³/mol. The molecule has 0 saturated heterocycles. The molecule has 0 bridgehead atoms. The summed E-state index contributed by atoms with van der Waals surface area (Å²) in [5.74, 6) is 0. The standard InChI is InChI=1S/C60H40/c1-3-17-41(18-4-1)46-23-15-24-47(39-46)52-38-37-48(60-56-30-13-11-28-54(56)59(45-20-5-2-6-21-45)55-29-12-14-31-57(55)60)40-58(52)53-27-10-9-26-51(53)44-35-33-43(34-36-44)50-32-16-22-42-19-7-8-25-49(42)50/h1-40H. The second-order valence-electron chi connectivity index (χ2n) is 15.6. The Hall–Kier alpha value is -7.80. The summed E-state index contributed by atoms with van der Waals surface area (Å²) in [5, 5.41) is 7.53. The zero-order valence-corrected chi connectivity index (χ0v) is 33.1. The van der Waals surface area contributed by atoms with Crippen LogP contribution in [0, 0.1) is 0 Å². The Morgan fingerprint density at radius 2 is 0.583 bits per heavy atom. The summed E-state index contributed by atoms with van der Waals surface area (Å²) in [7, 11) is 0. The molecule has 0 fully saturated rings. The smallest absolute Gasteiger partial charge is 0.00261 e. The van der Waals surface area contributed by atoms with E-state index in [2.05, 4.69) is 243 Å². The van der Waals surface area contributed by atoms with Crippen LogP contribution in [0.5, 0.6) is 0 Å². The van der Waals surface area contributed by atoms with Crippen LogP contribution in [-0.2, 0) is 0 Å². The molecule has 0 heterocycles. The van der Waals surface area contributed by atoms with Crippen molar-refractivity contribution in [1.29, 1.82) is 0 Å². The van der Waals surface area contributed by atoms with Gasteiger partial charge >= 0.3 is 0 Å². The van der Waals surface area contributed by atoms with Crippen LogP contribution >= 0.6 is 0 Å². The molecule has 0 aliphatic heterocycles. The van der Waals surface area contributed by atoms with Gasteiger partial charge in [-0.1, -0.05) is 231 Å². The van der Waals surface area contributed by atoms with Crippen LogP contribution in [0.4, 0.5) is 0 Å². The molecule has 0 aromatic heterocycles. The lowest BCUT2D eigenvalue weighted by atomic mass is 9.83. The van der Waals surface area contributed by atoms with E-state index in [1.807, 2.05) is 0 Å². The van der Waals surface area contributed by atoms with E-state index in [-0.39, 0.29) is 0 Å². The van der Waals surface area contributed by atoms with Crippen LogP contribution in [0.2, 0.25) is 0 Å². The Morgan fingerprint density at radius 1 is 0.167 bits per heavy atom. The minimum absolute atomic E-state index is 1.19. The molecule has 11 rings (SSSR count). The Labute approximate surface area is 351 Å². The third kappa shape index (κ3) is 6.27. The molecule has 0 amide bonds. The Bertz CT molecular complexity index is 3280. The molecule has 0 N–H and O–H groups in total. The molecule has 280 valence electrons. The molecule has 0 saturated carbocycles. The van der Waals surface area contributed by atoms with Gasteiger partial charge < -0.3 is 0 Å². The lowest BCUT2D eigenvalue weighted by Crippen LogP contribution is -1.94. The van der Waals surface area contributed by atoms with Gasteiger partial charge in [0.15, 0.2) is 0 Å². The normalized spacial score (nSPS) is 11.3. The molecular formula is C60H40. The van der Waals surface area contributed by atoms with E-state index in [0.29, 0.717) is 0 Å². The first kappa shape index (κ1) is 35.4. The van der Waals surface area contributed by atoms with Crippen molar-refractivity contribution >= 4 is 32.3 Å². The first-order chi connectivity index (χ1) is 29.8. The largest absolute Gasteiger partial charge is 0.0622 e. The summed E-state index contributed by atoms with van der Waals surface area (Å²) in [6.07, 6.45) is 0. The minimum Gasteiger partial charge on any atom is -0.0622 e. The molecule has 0 heteroatoms. The number of fused-ring (bicyclic) bond motifs is 3. The molecule has 0 radical (unpaired) electrons. The van der Waals surface area contributed by atoms with Crippen LogP contribution in [0.25, 0.3) is 110 Å². The highest BCUT2D eigenvalue weighted by Gasteiger charge is 2.20. The molecule has 0 aliphatic rings. The monoisotopic (exact) mass is 760 g/mol. The summed E-state index contributed by atoms with van der Waals surface area (Å²) in [6.45, 7) is 0. The van der Waals surface area contributed by atoms with E-state index in [4.69, 9.17) is 0 Å². The quantitative estimate of drug-likeness (QED) is 0.142. The summed E-state index contributed by atoms with van der Waals surface area (Å²) in [5.41, 5.74) is 17.0. The van der Waals surface area contributed by atoms with Gasteiger partial charge in [0.25, 0.3) is 0 Å². The van der Waals surface area contributed by atoms with Gasteiger partial charge in [-0.15, -0.1) is 0 Å². The van der Waals surface area contributed by atoms with Crippen molar-refractivity contribution in [3.63, 3.8) is 0 Å². The van der Waals surface area contributed by atoms with Crippen LogP contribution in [0.15, 0.2) is 243 Å². The summed E-state index contributed by atoms with van der Waals surface area (Å²) < 4.78 is 0. The van der Waals surface area contributed by atoms with Crippen molar-refractivity contribution in [1.82, 2.24) is 0 Å². The van der Waals surface area contributed by atoms with Gasteiger partial charge in [-0.05, 0) is 122 Å². The van der Waals surface area contributed by atoms with Gasteiger partial charge in [0, 0.05) is 0 Å². The molecule has 0 nitrogen and oxygen atoms in total. The molecular weight excluding hydrogens is 721 g/mol. The van der Waals surface area contributed by atoms with Crippen molar-refractivity contribution in [2.45, 2.75) is 0 Å². The van der Waals surface area contributed by atoms with Crippen LogP contribution in [-0.4, -0.2) is 0 Å². The van der Waals surface area contributed by atoms with Gasteiger partial charge in [-0.25, -0.2) is 0 Å². The molecule has 0 atom stereocenters. The second-order valence-corrected chi connectivity index (χ2v) is 15.6. The van der Waals surface area contributed by atoms with Gasteiger partial charge in [0.2, 0.25) is 0 Å². The SMILES string of the molecule is c1ccc(-c2cccc(-c3ccc(-c4c5ccccc5c(-c5ccccc5)c5ccccc45)cc3-c3ccccc3-c3ccc(-c4cccc5ccccc45)cc3)c2)cc1. The maximum Gasteiger partial charge on any atom is -0.00261 e. The van der Waals surface area contributed by atoms with Crippen molar-refractivity contribution in [3.8, 4) is 77.9 Å². The highest BCUT2D eigenvalue weighted by atomic mass is 14.2. The second kappa shape index (κ2) is 15.2. The number of benzene rings is 11. The van der Waals surface area contributed by atoms with Crippen molar-refractivity contribution in [2.75, 3.05) is 0 Å². The van der Waals surface area contributed by atoms with E-state index < -0.39 is 0 Å². The topological polar surface area (TPSA) is 0 Å². The van der Waals surface area contributed by atoms with E-state index in [0.717, 1.165) is 0 Å². The van der Waals surface area contributed by atoms with E-state index in [1.165, 1.54) is 110 Å². The Morgan fingerprint density at radius 3 is 1.25 bits per heavy atom. The van der Waals surface area contributed by atoms with E-state index in [9.17, 15) is 0 Å². The lowest BCUT2D eigenvalue weighted by molar-refractivity contribution is 1.55. The maximum atomic E-state index is 2.45. The molecule has 0 unspecified atom stereocenters. The lowest BCUT2D eigenvalue weighted by Gasteiger charge is -2.20. The van der Waals surface area contributed by atoms with Crippen LogP contribution in [0.1, 0.15) is 0 Å². The van der Waals surface area contributed by atoms with Gasteiger partial charge in [0.1, 0.15) is 0 Å².